The minimum atomic E-state index is -3.41. The summed E-state index contributed by atoms with van der Waals surface area (Å²) < 4.78 is 49.4. The van der Waals surface area contributed by atoms with Gasteiger partial charge in [0.05, 0.1) is 17.3 Å². The molecular formula is C14H24N4O4S2. The van der Waals surface area contributed by atoms with E-state index in [1.165, 1.54) is 0 Å². The van der Waals surface area contributed by atoms with Crippen LogP contribution in [0.15, 0.2) is 12.1 Å². The molecule has 1 aromatic heterocycles. The van der Waals surface area contributed by atoms with E-state index in [1.54, 1.807) is 12.1 Å². The number of nitrogens with one attached hydrogen (secondary N) is 1. The van der Waals surface area contributed by atoms with Crippen molar-refractivity contribution < 1.29 is 16.8 Å². The molecule has 1 N–H and O–H groups in total. The second-order valence-electron chi connectivity index (χ2n) is 5.89. The molecule has 0 aliphatic carbocycles. The van der Waals surface area contributed by atoms with Crippen molar-refractivity contribution in [3.8, 4) is 0 Å². The molecule has 8 nitrogen and oxygen atoms in total. The third-order valence-corrected chi connectivity index (χ3v) is 7.06. The van der Waals surface area contributed by atoms with E-state index in [1.807, 2.05) is 18.7 Å². The van der Waals surface area contributed by atoms with Crippen molar-refractivity contribution in [2.75, 3.05) is 33.4 Å². The Morgan fingerprint density at radius 1 is 1.29 bits per heavy atom. The van der Waals surface area contributed by atoms with Gasteiger partial charge in [-0.05, 0) is 31.9 Å². The fraction of sp³-hybridized carbons (Fsp3) is 0.714. The topological polar surface area (TPSA) is 109 Å². The zero-order chi connectivity index (χ0) is 17.8. The van der Waals surface area contributed by atoms with Crippen LogP contribution >= 0.6 is 0 Å². The van der Waals surface area contributed by atoms with Gasteiger partial charge in [0.2, 0.25) is 10.0 Å². The van der Waals surface area contributed by atoms with Gasteiger partial charge in [-0.3, -0.25) is 4.72 Å². The van der Waals surface area contributed by atoms with E-state index in [4.69, 9.17) is 0 Å². The first-order valence-corrected chi connectivity index (χ1v) is 11.5. The van der Waals surface area contributed by atoms with Gasteiger partial charge in [0.1, 0.15) is 0 Å². The van der Waals surface area contributed by atoms with Crippen LogP contribution in [0.3, 0.4) is 0 Å². The normalized spacial score (nSPS) is 20.0. The maximum Gasteiger partial charge on any atom is 0.233 e. The Bertz CT molecular complexity index is 747. The van der Waals surface area contributed by atoms with Gasteiger partial charge in [-0.15, -0.1) is 10.2 Å². The first kappa shape index (κ1) is 18.9. The molecule has 0 radical (unpaired) electrons. The molecule has 1 aliphatic rings. The Labute approximate surface area is 143 Å². The number of hydrogen-bond donors (Lipinski definition) is 1. The lowest BCUT2D eigenvalue weighted by atomic mass is 10.2. The number of nitrogens with zero attached hydrogens (tertiary/aromatic N) is 3. The summed E-state index contributed by atoms with van der Waals surface area (Å²) in [5.41, 5.74) is 0. The minimum Gasteiger partial charge on any atom is -0.351 e. The smallest absolute Gasteiger partial charge is 0.233 e. The van der Waals surface area contributed by atoms with E-state index >= 15 is 0 Å². The maximum atomic E-state index is 11.9. The maximum absolute atomic E-state index is 11.9. The average Bonchev–Trinajstić information content (AvgIpc) is 2.87. The third-order valence-electron chi connectivity index (χ3n) is 3.96. The molecule has 136 valence electrons. The summed E-state index contributed by atoms with van der Waals surface area (Å²) in [4.78, 5) is 1.90. The van der Waals surface area contributed by atoms with Crippen molar-refractivity contribution in [1.82, 2.24) is 10.2 Å². The molecule has 2 rings (SSSR count). The number of hydrogen-bond acceptors (Lipinski definition) is 7. The van der Waals surface area contributed by atoms with E-state index in [0.717, 1.165) is 6.42 Å². The summed E-state index contributed by atoms with van der Waals surface area (Å²) in [6.07, 6.45) is 1.95. The molecule has 2 heterocycles. The summed E-state index contributed by atoms with van der Waals surface area (Å²) in [6, 6.07) is 3.11. The third kappa shape index (κ3) is 5.04. The Morgan fingerprint density at radius 2 is 2.04 bits per heavy atom. The van der Waals surface area contributed by atoms with Crippen molar-refractivity contribution in [3.63, 3.8) is 0 Å². The highest BCUT2D eigenvalue weighted by molar-refractivity contribution is 7.92. The fourth-order valence-electron chi connectivity index (χ4n) is 2.71. The average molecular weight is 377 g/mol. The Hall–Kier alpha value is -1.42. The highest BCUT2D eigenvalue weighted by Crippen LogP contribution is 2.23. The van der Waals surface area contributed by atoms with Gasteiger partial charge in [0.25, 0.3) is 0 Å². The van der Waals surface area contributed by atoms with Crippen LogP contribution in [0.5, 0.6) is 0 Å². The van der Waals surface area contributed by atoms with Gasteiger partial charge in [-0.1, -0.05) is 13.3 Å². The molecule has 24 heavy (non-hydrogen) atoms. The first-order valence-electron chi connectivity index (χ1n) is 8.07. The van der Waals surface area contributed by atoms with E-state index in [9.17, 15) is 16.8 Å². The van der Waals surface area contributed by atoms with Gasteiger partial charge in [0.15, 0.2) is 21.5 Å². The first-order chi connectivity index (χ1) is 11.3. The lowest BCUT2D eigenvalue weighted by Crippen LogP contribution is -2.36. The van der Waals surface area contributed by atoms with Crippen molar-refractivity contribution in [3.05, 3.63) is 12.1 Å². The largest absolute Gasteiger partial charge is 0.351 e. The van der Waals surface area contributed by atoms with E-state index in [-0.39, 0.29) is 29.1 Å². The van der Waals surface area contributed by atoms with Crippen LogP contribution in [0.2, 0.25) is 0 Å². The van der Waals surface area contributed by atoms with Gasteiger partial charge in [0, 0.05) is 12.6 Å². The van der Waals surface area contributed by atoms with Gasteiger partial charge >= 0.3 is 0 Å². The Morgan fingerprint density at radius 3 is 2.54 bits per heavy atom. The number of sulfone groups is 1. The molecule has 0 aromatic carbocycles. The molecule has 1 unspecified atom stereocenters. The molecule has 1 saturated heterocycles. The van der Waals surface area contributed by atoms with Crippen LogP contribution in [0, 0.1) is 0 Å². The van der Waals surface area contributed by atoms with Crippen molar-refractivity contribution in [2.24, 2.45) is 0 Å². The SMILES string of the molecule is CCCCS(=O)(=O)Nc1ccc(N(CC)C2CCS(=O)(=O)C2)nn1. The summed E-state index contributed by atoms with van der Waals surface area (Å²) in [6.45, 7) is 4.46. The van der Waals surface area contributed by atoms with Crippen LogP contribution in [-0.2, 0) is 19.9 Å². The van der Waals surface area contributed by atoms with E-state index in [0.29, 0.717) is 25.2 Å². The second kappa shape index (κ2) is 7.64. The molecule has 0 bridgehead atoms. The number of anilines is 2. The van der Waals surface area contributed by atoms with E-state index < -0.39 is 19.9 Å². The van der Waals surface area contributed by atoms with Crippen LogP contribution in [0.1, 0.15) is 33.1 Å². The Kier molecular flexibility index (Phi) is 6.02. The quantitative estimate of drug-likeness (QED) is 0.721. The van der Waals surface area contributed by atoms with Crippen LogP contribution in [-0.4, -0.2) is 56.9 Å². The molecule has 0 amide bonds. The zero-order valence-corrected chi connectivity index (χ0v) is 15.6. The molecule has 1 fully saturated rings. The number of rotatable bonds is 8. The Balaban J connectivity index is 2.08. The summed E-state index contributed by atoms with van der Waals surface area (Å²) in [7, 11) is -6.39. The van der Waals surface area contributed by atoms with Crippen LogP contribution in [0.4, 0.5) is 11.6 Å². The van der Waals surface area contributed by atoms with Crippen molar-refractivity contribution in [1.29, 1.82) is 0 Å². The second-order valence-corrected chi connectivity index (χ2v) is 9.96. The van der Waals surface area contributed by atoms with Gasteiger partial charge in [-0.2, -0.15) is 0 Å². The molecule has 10 heteroatoms. The summed E-state index contributed by atoms with van der Waals surface area (Å²) in [5.74, 6) is 1.08. The fourth-order valence-corrected chi connectivity index (χ4v) is 5.64. The minimum absolute atomic E-state index is 0.0496. The molecule has 1 atom stereocenters. The number of sulfonamides is 1. The zero-order valence-electron chi connectivity index (χ0n) is 14.0. The molecule has 0 spiro atoms. The lowest BCUT2D eigenvalue weighted by Gasteiger charge is -2.27. The highest BCUT2D eigenvalue weighted by atomic mass is 32.2. The van der Waals surface area contributed by atoms with Crippen LogP contribution < -0.4 is 9.62 Å². The van der Waals surface area contributed by atoms with E-state index in [2.05, 4.69) is 14.9 Å². The molecule has 0 saturated carbocycles. The van der Waals surface area contributed by atoms with Crippen molar-refractivity contribution in [2.45, 2.75) is 39.2 Å². The van der Waals surface area contributed by atoms with Gasteiger partial charge in [-0.25, -0.2) is 16.8 Å². The summed E-state index contributed by atoms with van der Waals surface area (Å²) >= 11 is 0. The molecule has 1 aromatic rings. The van der Waals surface area contributed by atoms with Crippen molar-refractivity contribution >= 4 is 31.5 Å². The van der Waals surface area contributed by atoms with Gasteiger partial charge < -0.3 is 4.90 Å². The predicted octanol–water partition coefficient (Wildman–Crippen LogP) is 1.03. The highest BCUT2D eigenvalue weighted by Gasteiger charge is 2.32. The number of unbranched alkanes of at least 4 members (excludes halogenated alkanes) is 1. The monoisotopic (exact) mass is 376 g/mol. The lowest BCUT2D eigenvalue weighted by molar-refractivity contribution is 0.596. The number of aromatic nitrogens is 2. The van der Waals surface area contributed by atoms with Crippen LogP contribution in [0.25, 0.3) is 0 Å². The standard InChI is InChI=1S/C14H24N4O4S2/c1-3-5-9-24(21,22)17-13-6-7-14(16-15-13)18(4-2)12-8-10-23(19,20)11-12/h6-7,12H,3-5,8-11H2,1-2H3,(H,15,17). The summed E-state index contributed by atoms with van der Waals surface area (Å²) in [5, 5.41) is 7.98. The molecule has 1 aliphatic heterocycles. The predicted molar refractivity (Wildman–Crippen MR) is 94.4 cm³/mol. The molecular weight excluding hydrogens is 352 g/mol.